The molecule has 0 aliphatic carbocycles. The summed E-state index contributed by atoms with van der Waals surface area (Å²) < 4.78 is 6.17. The second-order valence-electron chi connectivity index (χ2n) is 5.70. The number of esters is 1. The van der Waals surface area contributed by atoms with E-state index in [0.29, 0.717) is 16.4 Å². The van der Waals surface area contributed by atoms with Gasteiger partial charge in [0, 0.05) is 4.47 Å². The first kappa shape index (κ1) is 17.9. The summed E-state index contributed by atoms with van der Waals surface area (Å²) in [7, 11) is 0. The van der Waals surface area contributed by atoms with Gasteiger partial charge in [-0.15, -0.1) is 0 Å². The smallest absolute Gasteiger partial charge is 0.338 e. The van der Waals surface area contributed by atoms with Gasteiger partial charge in [0.05, 0.1) is 22.6 Å². The lowest BCUT2D eigenvalue weighted by molar-refractivity contribution is -0.139. The number of aliphatic imine (C=N–C) groups is 1. The monoisotopic (exact) mass is 420 g/mol. The van der Waals surface area contributed by atoms with E-state index in [1.807, 2.05) is 31.2 Å². The second-order valence-corrected chi connectivity index (χ2v) is 7.93. The van der Waals surface area contributed by atoms with E-state index < -0.39 is 12.0 Å². The summed E-state index contributed by atoms with van der Waals surface area (Å²) in [6.45, 7) is 7.29. The summed E-state index contributed by atoms with van der Waals surface area (Å²) in [6, 6.07) is 7.03. The van der Waals surface area contributed by atoms with Gasteiger partial charge in [-0.25, -0.2) is 9.79 Å². The maximum atomic E-state index is 12.7. The van der Waals surface area contributed by atoms with Crippen LogP contribution >= 0.6 is 27.7 Å². The number of hydrogen-bond acceptors (Lipinski definition) is 5. The number of hydrogen-bond donors (Lipinski definition) is 0. The lowest BCUT2D eigenvalue weighted by Gasteiger charge is -2.33. The Morgan fingerprint density at radius 3 is 2.76 bits per heavy atom. The van der Waals surface area contributed by atoms with E-state index in [4.69, 9.17) is 4.74 Å². The van der Waals surface area contributed by atoms with Gasteiger partial charge in [-0.2, -0.15) is 0 Å². The summed E-state index contributed by atoms with van der Waals surface area (Å²) in [4.78, 5) is 31.4. The van der Waals surface area contributed by atoms with E-state index in [1.165, 1.54) is 17.8 Å². The zero-order valence-electron chi connectivity index (χ0n) is 13.9. The van der Waals surface area contributed by atoms with E-state index in [9.17, 15) is 9.59 Å². The van der Waals surface area contributed by atoms with Gasteiger partial charge in [0.1, 0.15) is 6.61 Å². The highest BCUT2D eigenvalue weighted by molar-refractivity contribution is 9.10. The molecule has 1 saturated heterocycles. The molecule has 0 N–H and O–H groups in total. The predicted molar refractivity (Wildman–Crippen MR) is 102 cm³/mol. The van der Waals surface area contributed by atoms with Crippen LogP contribution in [0.15, 0.2) is 57.7 Å². The number of benzene rings is 1. The van der Waals surface area contributed by atoms with E-state index in [2.05, 4.69) is 27.5 Å². The number of carbonyl (C=O) groups excluding carboxylic acids is 2. The van der Waals surface area contributed by atoms with Crippen molar-refractivity contribution >= 4 is 44.7 Å². The Morgan fingerprint density at radius 2 is 2.12 bits per heavy atom. The minimum absolute atomic E-state index is 0.0572. The van der Waals surface area contributed by atoms with Crippen LogP contribution in [0.2, 0.25) is 0 Å². The number of rotatable bonds is 4. The van der Waals surface area contributed by atoms with Gasteiger partial charge in [-0.3, -0.25) is 9.69 Å². The Hall–Kier alpha value is -1.86. The molecule has 5 nitrogen and oxygen atoms in total. The molecule has 1 aromatic rings. The number of amidine groups is 1. The van der Waals surface area contributed by atoms with Crippen LogP contribution in [0.1, 0.15) is 25.5 Å². The topological polar surface area (TPSA) is 59.0 Å². The third kappa shape index (κ3) is 3.30. The average Bonchev–Trinajstić information content (AvgIpc) is 2.86. The van der Waals surface area contributed by atoms with Gasteiger partial charge in [-0.1, -0.05) is 52.5 Å². The fourth-order valence-corrected chi connectivity index (χ4v) is 4.13. The number of allylic oxidation sites excluding steroid dienone is 1. The van der Waals surface area contributed by atoms with Crippen LogP contribution in [-0.2, 0) is 14.3 Å². The Labute approximate surface area is 159 Å². The van der Waals surface area contributed by atoms with Crippen LogP contribution in [0.3, 0.4) is 0 Å². The molecule has 2 atom stereocenters. The lowest BCUT2D eigenvalue weighted by atomic mass is 9.94. The van der Waals surface area contributed by atoms with Gasteiger partial charge in [0.25, 0.3) is 0 Å². The molecule has 1 amide bonds. The van der Waals surface area contributed by atoms with Gasteiger partial charge in [0.15, 0.2) is 5.17 Å². The highest BCUT2D eigenvalue weighted by Gasteiger charge is 2.46. The highest BCUT2D eigenvalue weighted by atomic mass is 79.9. The van der Waals surface area contributed by atoms with Crippen LogP contribution < -0.4 is 0 Å². The minimum Gasteiger partial charge on any atom is -0.458 e. The first-order valence-electron chi connectivity index (χ1n) is 7.76. The Morgan fingerprint density at radius 1 is 1.44 bits per heavy atom. The molecule has 0 bridgehead atoms. The van der Waals surface area contributed by atoms with Gasteiger partial charge in [0.2, 0.25) is 5.91 Å². The third-order valence-electron chi connectivity index (χ3n) is 4.00. The number of thioether (sulfide) groups is 1. The van der Waals surface area contributed by atoms with Gasteiger partial charge >= 0.3 is 5.97 Å². The predicted octanol–water partition coefficient (Wildman–Crippen LogP) is 3.83. The number of carbonyl (C=O) groups is 2. The fraction of sp³-hybridized carbons (Fsp3) is 0.278. The molecule has 0 aromatic heterocycles. The lowest BCUT2D eigenvalue weighted by Crippen LogP contribution is -2.40. The largest absolute Gasteiger partial charge is 0.458 e. The maximum Gasteiger partial charge on any atom is 0.338 e. The van der Waals surface area contributed by atoms with Crippen molar-refractivity contribution in [3.05, 3.63) is 58.2 Å². The molecule has 3 rings (SSSR count). The van der Waals surface area contributed by atoms with Crippen molar-refractivity contribution < 1.29 is 14.3 Å². The Kier molecular flexibility index (Phi) is 5.15. The first-order valence-corrected chi connectivity index (χ1v) is 9.44. The van der Waals surface area contributed by atoms with Crippen molar-refractivity contribution in [2.75, 3.05) is 6.61 Å². The van der Waals surface area contributed by atoms with Gasteiger partial charge < -0.3 is 4.74 Å². The molecule has 7 heteroatoms. The average molecular weight is 421 g/mol. The van der Waals surface area contributed by atoms with Crippen molar-refractivity contribution in [1.82, 2.24) is 4.90 Å². The van der Waals surface area contributed by atoms with Crippen molar-refractivity contribution in [3.8, 4) is 0 Å². The molecule has 130 valence electrons. The fourth-order valence-electron chi connectivity index (χ4n) is 2.84. The van der Waals surface area contributed by atoms with E-state index in [-0.39, 0.29) is 17.8 Å². The second kappa shape index (κ2) is 7.17. The molecule has 1 aromatic carbocycles. The molecule has 2 heterocycles. The van der Waals surface area contributed by atoms with Crippen molar-refractivity contribution in [3.63, 3.8) is 0 Å². The first-order chi connectivity index (χ1) is 11.9. The zero-order valence-corrected chi connectivity index (χ0v) is 16.3. The van der Waals surface area contributed by atoms with E-state index in [1.54, 1.807) is 11.8 Å². The summed E-state index contributed by atoms with van der Waals surface area (Å²) >= 11 is 4.82. The number of amides is 1. The van der Waals surface area contributed by atoms with Crippen LogP contribution in [0.25, 0.3) is 0 Å². The normalized spacial score (nSPS) is 22.6. The number of ether oxygens (including phenoxy) is 1. The number of halogens is 1. The molecule has 1 fully saturated rings. The molecule has 0 unspecified atom stereocenters. The zero-order chi connectivity index (χ0) is 18.1. The SMILES string of the molecule is C=CCOC(=O)C1=C(C)N=C2S[C@H](C)C(=O)N2[C@@H]1c1ccc(Br)cc1. The van der Waals surface area contributed by atoms with Crippen LogP contribution in [0.5, 0.6) is 0 Å². The molecule has 2 aliphatic rings. The molecule has 25 heavy (non-hydrogen) atoms. The Balaban J connectivity index is 2.11. The minimum atomic E-state index is -0.539. The molecule has 2 aliphatic heterocycles. The third-order valence-corrected chi connectivity index (χ3v) is 5.58. The molecule has 0 radical (unpaired) electrons. The van der Waals surface area contributed by atoms with Crippen molar-refractivity contribution in [2.24, 2.45) is 4.99 Å². The van der Waals surface area contributed by atoms with Crippen molar-refractivity contribution in [1.29, 1.82) is 0 Å². The molecular weight excluding hydrogens is 404 g/mol. The van der Waals surface area contributed by atoms with Crippen LogP contribution in [0, 0.1) is 0 Å². The molecular formula is C18H17BrN2O3S. The van der Waals surface area contributed by atoms with Crippen LogP contribution in [-0.4, -0.2) is 33.8 Å². The highest BCUT2D eigenvalue weighted by Crippen LogP contribution is 2.43. The quantitative estimate of drug-likeness (QED) is 0.548. The Bertz CT molecular complexity index is 801. The standard InChI is InChI=1S/C18H17BrN2O3S/c1-4-9-24-17(23)14-10(2)20-18-21(16(22)11(3)25-18)15(14)12-5-7-13(19)8-6-12/h4-8,11,15H,1,9H2,2-3H3/t11-,15-/m1/s1. The number of fused-ring (bicyclic) bond motifs is 1. The molecule has 0 spiro atoms. The summed E-state index contributed by atoms with van der Waals surface area (Å²) in [6.07, 6.45) is 1.51. The number of nitrogens with zero attached hydrogens (tertiary/aromatic N) is 2. The summed E-state index contributed by atoms with van der Waals surface area (Å²) in [5.41, 5.74) is 1.79. The summed E-state index contributed by atoms with van der Waals surface area (Å²) in [5, 5.41) is 0.399. The van der Waals surface area contributed by atoms with Gasteiger partial charge in [-0.05, 0) is 31.5 Å². The maximum absolute atomic E-state index is 12.7. The molecule has 0 saturated carbocycles. The van der Waals surface area contributed by atoms with Crippen LogP contribution in [0.4, 0.5) is 0 Å². The van der Waals surface area contributed by atoms with Crippen molar-refractivity contribution in [2.45, 2.75) is 25.1 Å². The summed E-state index contributed by atoms with van der Waals surface area (Å²) in [5.74, 6) is -0.538. The van der Waals surface area contributed by atoms with E-state index >= 15 is 0 Å². The van der Waals surface area contributed by atoms with E-state index in [0.717, 1.165) is 10.0 Å².